The van der Waals surface area contributed by atoms with Crippen LogP contribution in [0.5, 0.6) is 5.88 Å². The van der Waals surface area contributed by atoms with Crippen molar-refractivity contribution >= 4 is 17.1 Å². The number of aliphatic hydroxyl groups excluding tert-OH is 1. The van der Waals surface area contributed by atoms with E-state index < -0.39 is 0 Å². The molecule has 0 bridgehead atoms. The Morgan fingerprint density at radius 1 is 1.55 bits per heavy atom. The molecule has 0 radical (unpaired) electrons. The van der Waals surface area contributed by atoms with E-state index in [1.165, 1.54) is 7.11 Å². The van der Waals surface area contributed by atoms with Crippen molar-refractivity contribution in [1.82, 2.24) is 19.5 Å². The predicted molar refractivity (Wildman–Crippen MR) is 71.1 cm³/mol. The van der Waals surface area contributed by atoms with Crippen LogP contribution in [0.1, 0.15) is 19.6 Å². The van der Waals surface area contributed by atoms with Crippen molar-refractivity contribution in [2.45, 2.75) is 25.7 Å². The summed E-state index contributed by atoms with van der Waals surface area (Å²) in [7, 11) is 1.51. The van der Waals surface area contributed by atoms with Crippen LogP contribution in [-0.2, 0) is 4.74 Å². The number of anilines is 1. The molecule has 3 N–H and O–H groups in total. The number of nitrogens with zero attached hydrogens (tertiary/aromatic N) is 4. The van der Waals surface area contributed by atoms with Gasteiger partial charge >= 0.3 is 0 Å². The Morgan fingerprint density at radius 3 is 3.00 bits per heavy atom. The van der Waals surface area contributed by atoms with Crippen molar-refractivity contribution in [2.75, 3.05) is 19.5 Å². The lowest BCUT2D eigenvalue weighted by atomic mass is 10.1. The normalized spacial score (nSPS) is 26.2. The van der Waals surface area contributed by atoms with Gasteiger partial charge in [-0.25, -0.2) is 4.98 Å². The number of rotatable bonds is 3. The van der Waals surface area contributed by atoms with E-state index in [-0.39, 0.29) is 30.8 Å². The van der Waals surface area contributed by atoms with E-state index in [4.69, 9.17) is 15.2 Å². The fraction of sp³-hybridized carbons (Fsp3) is 0.583. The first-order valence-electron chi connectivity index (χ1n) is 6.44. The average molecular weight is 279 g/mol. The second-order valence-corrected chi connectivity index (χ2v) is 4.96. The van der Waals surface area contributed by atoms with E-state index in [0.29, 0.717) is 17.0 Å². The molecule has 20 heavy (non-hydrogen) atoms. The summed E-state index contributed by atoms with van der Waals surface area (Å²) in [4.78, 5) is 12.5. The van der Waals surface area contributed by atoms with E-state index in [1.54, 1.807) is 6.33 Å². The molecule has 2 aromatic rings. The molecule has 0 spiro atoms. The third-order valence-electron chi connectivity index (χ3n) is 3.53. The van der Waals surface area contributed by atoms with Crippen LogP contribution in [0.2, 0.25) is 0 Å². The van der Waals surface area contributed by atoms with Gasteiger partial charge in [0.2, 0.25) is 11.8 Å². The molecule has 3 atom stereocenters. The highest BCUT2D eigenvalue weighted by Gasteiger charge is 2.34. The lowest BCUT2D eigenvalue weighted by Crippen LogP contribution is -2.15. The van der Waals surface area contributed by atoms with Crippen LogP contribution in [0.15, 0.2) is 6.33 Å². The van der Waals surface area contributed by atoms with Crippen LogP contribution in [0.25, 0.3) is 11.2 Å². The molecule has 1 aliphatic heterocycles. The fourth-order valence-electron chi connectivity index (χ4n) is 2.61. The van der Waals surface area contributed by atoms with Gasteiger partial charge in [-0.2, -0.15) is 9.97 Å². The minimum absolute atomic E-state index is 0.00785. The van der Waals surface area contributed by atoms with Crippen LogP contribution < -0.4 is 10.5 Å². The number of nitrogens with two attached hydrogens (primary N) is 1. The van der Waals surface area contributed by atoms with Gasteiger partial charge in [-0.05, 0) is 6.42 Å². The Balaban J connectivity index is 2.07. The summed E-state index contributed by atoms with van der Waals surface area (Å²) in [6.45, 7) is 2.07. The third kappa shape index (κ3) is 1.97. The minimum atomic E-state index is -0.226. The summed E-state index contributed by atoms with van der Waals surface area (Å²) in [6.07, 6.45) is 2.05. The first-order chi connectivity index (χ1) is 9.63. The monoisotopic (exact) mass is 279 g/mol. The maximum atomic E-state index is 9.22. The van der Waals surface area contributed by atoms with Gasteiger partial charge in [0.15, 0.2) is 11.2 Å². The van der Waals surface area contributed by atoms with Crippen molar-refractivity contribution in [3.63, 3.8) is 0 Å². The van der Waals surface area contributed by atoms with Crippen LogP contribution in [0.4, 0.5) is 5.95 Å². The molecule has 2 aromatic heterocycles. The van der Waals surface area contributed by atoms with Crippen molar-refractivity contribution in [3.05, 3.63) is 6.33 Å². The number of nitrogen functional groups attached to an aromatic ring is 1. The predicted octanol–water partition coefficient (Wildman–Crippen LogP) is 0.333. The number of hydrogen-bond acceptors (Lipinski definition) is 7. The Morgan fingerprint density at radius 2 is 2.35 bits per heavy atom. The molecule has 0 aromatic carbocycles. The van der Waals surface area contributed by atoms with E-state index in [0.717, 1.165) is 6.42 Å². The molecule has 108 valence electrons. The van der Waals surface area contributed by atoms with E-state index >= 15 is 0 Å². The van der Waals surface area contributed by atoms with E-state index in [2.05, 4.69) is 21.9 Å². The molecule has 3 rings (SSSR count). The largest absolute Gasteiger partial charge is 0.479 e. The fourth-order valence-corrected chi connectivity index (χ4v) is 2.61. The number of aromatic nitrogens is 4. The highest BCUT2D eigenvalue weighted by molar-refractivity contribution is 5.77. The summed E-state index contributed by atoms with van der Waals surface area (Å²) in [5, 5.41) is 9.22. The second kappa shape index (κ2) is 4.88. The Bertz CT molecular complexity index is 629. The van der Waals surface area contributed by atoms with Crippen LogP contribution >= 0.6 is 0 Å². The molecule has 1 unspecified atom stereocenters. The average Bonchev–Trinajstić information content (AvgIpc) is 3.00. The van der Waals surface area contributed by atoms with Crippen LogP contribution in [-0.4, -0.2) is 44.4 Å². The maximum absolute atomic E-state index is 9.22. The molecule has 0 amide bonds. The quantitative estimate of drug-likeness (QED) is 0.833. The zero-order chi connectivity index (χ0) is 14.3. The van der Waals surface area contributed by atoms with Gasteiger partial charge < -0.3 is 20.3 Å². The lowest BCUT2D eigenvalue weighted by molar-refractivity contribution is -0.0294. The zero-order valence-electron chi connectivity index (χ0n) is 11.4. The summed E-state index contributed by atoms with van der Waals surface area (Å²) >= 11 is 0. The molecule has 8 nitrogen and oxygen atoms in total. The summed E-state index contributed by atoms with van der Waals surface area (Å²) in [6, 6.07) is 0. The molecule has 1 aliphatic rings. The first-order valence-corrected chi connectivity index (χ1v) is 6.44. The number of imidazole rings is 1. The molecule has 0 saturated carbocycles. The number of aliphatic hydroxyl groups is 1. The SMILES string of the molecule is COc1nc(N)nc2c1ncn2C1O[C@H](CO)C[C@@H]1C. The molecule has 1 fully saturated rings. The Hall–Kier alpha value is -1.93. The first kappa shape index (κ1) is 13.1. The van der Waals surface area contributed by atoms with Crippen molar-refractivity contribution in [2.24, 2.45) is 5.92 Å². The Labute approximate surface area is 115 Å². The van der Waals surface area contributed by atoms with Gasteiger partial charge in [-0.3, -0.25) is 4.57 Å². The van der Waals surface area contributed by atoms with Crippen molar-refractivity contribution < 1.29 is 14.6 Å². The number of methoxy groups -OCH3 is 1. The topological polar surface area (TPSA) is 108 Å². The smallest absolute Gasteiger partial charge is 0.246 e. The van der Waals surface area contributed by atoms with Gasteiger partial charge in [0.05, 0.1) is 26.1 Å². The van der Waals surface area contributed by atoms with Crippen molar-refractivity contribution in [3.8, 4) is 5.88 Å². The molecule has 8 heteroatoms. The third-order valence-corrected chi connectivity index (χ3v) is 3.53. The Kier molecular flexibility index (Phi) is 3.19. The minimum Gasteiger partial charge on any atom is -0.479 e. The van der Waals surface area contributed by atoms with Gasteiger partial charge in [0.25, 0.3) is 0 Å². The molecular formula is C12H17N5O3. The van der Waals surface area contributed by atoms with Gasteiger partial charge in [0.1, 0.15) is 6.23 Å². The molecule has 0 aliphatic carbocycles. The standard InChI is InChI=1S/C12H17N5O3/c1-6-3-7(4-18)20-11(6)17-5-14-8-9(17)15-12(13)16-10(8)19-2/h5-7,11,18H,3-4H2,1-2H3,(H2,13,15,16)/t6-,7-,11?/m0/s1. The highest BCUT2D eigenvalue weighted by Crippen LogP contribution is 2.36. The second-order valence-electron chi connectivity index (χ2n) is 4.96. The number of ether oxygens (including phenoxy) is 2. The maximum Gasteiger partial charge on any atom is 0.246 e. The molecule has 3 heterocycles. The van der Waals surface area contributed by atoms with Crippen LogP contribution in [0.3, 0.4) is 0 Å². The van der Waals surface area contributed by atoms with Gasteiger partial charge in [0, 0.05) is 5.92 Å². The van der Waals surface area contributed by atoms with Gasteiger partial charge in [-0.15, -0.1) is 0 Å². The van der Waals surface area contributed by atoms with E-state index in [9.17, 15) is 5.11 Å². The van der Waals surface area contributed by atoms with Crippen LogP contribution in [0, 0.1) is 5.92 Å². The molecule has 1 saturated heterocycles. The zero-order valence-corrected chi connectivity index (χ0v) is 11.4. The van der Waals surface area contributed by atoms with Gasteiger partial charge in [-0.1, -0.05) is 6.92 Å². The molecular weight excluding hydrogens is 262 g/mol. The van der Waals surface area contributed by atoms with Crippen molar-refractivity contribution in [1.29, 1.82) is 0 Å². The number of hydrogen-bond donors (Lipinski definition) is 2. The highest BCUT2D eigenvalue weighted by atomic mass is 16.5. The van der Waals surface area contributed by atoms with E-state index in [1.807, 2.05) is 4.57 Å². The lowest BCUT2D eigenvalue weighted by Gasteiger charge is -2.17. The number of fused-ring (bicyclic) bond motifs is 1. The summed E-state index contributed by atoms with van der Waals surface area (Å²) in [5.74, 6) is 0.711. The summed E-state index contributed by atoms with van der Waals surface area (Å²) in [5.41, 5.74) is 6.81. The summed E-state index contributed by atoms with van der Waals surface area (Å²) < 4.78 is 12.8.